The van der Waals surface area contributed by atoms with E-state index in [4.69, 9.17) is 9.84 Å². The van der Waals surface area contributed by atoms with Gasteiger partial charge in [0, 0.05) is 66.6 Å². The lowest BCUT2D eigenvalue weighted by atomic mass is 10.0. The molecule has 2 aromatic carbocycles. The smallest absolute Gasteiger partial charge is 0.410 e. The molecular weight excluding hydrogens is 595 g/mol. The second-order valence-corrected chi connectivity index (χ2v) is 14.0. The maximum Gasteiger partial charge on any atom is 0.410 e. The average Bonchev–Trinajstić information content (AvgIpc) is 3.43. The van der Waals surface area contributed by atoms with E-state index in [1.54, 1.807) is 59.4 Å². The maximum absolute atomic E-state index is 15.9. The number of pyridine rings is 1. The molecule has 2 aromatic heterocycles. The fourth-order valence-electron chi connectivity index (χ4n) is 5.33. The molecule has 3 heterocycles. The van der Waals surface area contributed by atoms with Crippen molar-refractivity contribution in [2.75, 3.05) is 35.0 Å². The molecule has 1 aliphatic heterocycles. The first-order chi connectivity index (χ1) is 21.3. The van der Waals surface area contributed by atoms with E-state index in [0.29, 0.717) is 37.3 Å². The monoisotopic (exact) mass is 634 g/mol. The van der Waals surface area contributed by atoms with Crippen molar-refractivity contribution in [3.63, 3.8) is 0 Å². The van der Waals surface area contributed by atoms with Gasteiger partial charge in [-0.1, -0.05) is 19.1 Å². The summed E-state index contributed by atoms with van der Waals surface area (Å²) in [5.41, 5.74) is 3.11. The quantitative estimate of drug-likeness (QED) is 0.241. The zero-order valence-corrected chi connectivity index (χ0v) is 27.0. The predicted molar refractivity (Wildman–Crippen MR) is 175 cm³/mol. The summed E-state index contributed by atoms with van der Waals surface area (Å²) in [4.78, 5) is 20.7. The van der Waals surface area contributed by atoms with Crippen LogP contribution in [-0.4, -0.2) is 71.2 Å². The fraction of sp³-hybridized carbons (Fsp3) is 0.364. The summed E-state index contributed by atoms with van der Waals surface area (Å²) in [7, 11) is -3.69. The van der Waals surface area contributed by atoms with E-state index in [0.717, 1.165) is 16.9 Å². The second kappa shape index (κ2) is 12.9. The first-order valence-corrected chi connectivity index (χ1v) is 16.6. The Morgan fingerprint density at radius 3 is 2.36 bits per heavy atom. The summed E-state index contributed by atoms with van der Waals surface area (Å²) >= 11 is 0. The molecule has 4 aromatic rings. The van der Waals surface area contributed by atoms with Gasteiger partial charge in [0.15, 0.2) is 5.82 Å². The Balaban J connectivity index is 1.42. The van der Waals surface area contributed by atoms with Gasteiger partial charge in [0.25, 0.3) is 0 Å². The molecule has 1 atom stereocenters. The Morgan fingerprint density at radius 2 is 1.71 bits per heavy atom. The molecule has 1 aliphatic rings. The number of nitrogens with zero attached hydrogens (tertiary/aromatic N) is 5. The van der Waals surface area contributed by atoms with E-state index >= 15 is 4.39 Å². The maximum atomic E-state index is 15.9. The third-order valence-corrected chi connectivity index (χ3v) is 8.91. The van der Waals surface area contributed by atoms with E-state index in [2.05, 4.69) is 14.6 Å². The number of carbonyl (C=O) groups is 1. The van der Waals surface area contributed by atoms with Crippen molar-refractivity contribution < 1.29 is 22.3 Å². The highest BCUT2D eigenvalue weighted by atomic mass is 32.2. The van der Waals surface area contributed by atoms with Crippen molar-refractivity contribution in [3.8, 4) is 28.1 Å². The molecule has 0 unspecified atom stereocenters. The van der Waals surface area contributed by atoms with Crippen molar-refractivity contribution >= 4 is 27.5 Å². The number of hydrogen-bond acceptors (Lipinski definition) is 7. The number of hydrogen-bond donors (Lipinski definition) is 1. The number of halogens is 1. The van der Waals surface area contributed by atoms with Crippen LogP contribution in [0.1, 0.15) is 41.0 Å². The number of anilines is 2. The van der Waals surface area contributed by atoms with Crippen LogP contribution < -0.4 is 9.62 Å². The van der Waals surface area contributed by atoms with Crippen molar-refractivity contribution in [2.45, 2.75) is 52.7 Å². The second-order valence-electron chi connectivity index (χ2n) is 12.1. The summed E-state index contributed by atoms with van der Waals surface area (Å²) in [5, 5.41) is 4.83. The Labute approximate surface area is 263 Å². The molecule has 1 fully saturated rings. The zero-order chi connectivity index (χ0) is 32.4. The topological polar surface area (TPSA) is 110 Å². The molecule has 0 saturated carbocycles. The van der Waals surface area contributed by atoms with Crippen LogP contribution in [0.4, 0.5) is 20.6 Å². The van der Waals surface area contributed by atoms with E-state index in [1.165, 1.54) is 6.07 Å². The summed E-state index contributed by atoms with van der Waals surface area (Å²) in [5.74, 6) is -0.785. The minimum absolute atomic E-state index is 0.0259. The zero-order valence-electron chi connectivity index (χ0n) is 26.2. The number of amides is 1. The molecule has 1 N–H and O–H groups in total. The van der Waals surface area contributed by atoms with Gasteiger partial charge in [0.05, 0.1) is 17.1 Å². The minimum Gasteiger partial charge on any atom is -0.444 e. The summed E-state index contributed by atoms with van der Waals surface area (Å²) < 4.78 is 50.3. The van der Waals surface area contributed by atoms with Gasteiger partial charge in [0.2, 0.25) is 10.0 Å². The number of sulfonamides is 1. The van der Waals surface area contributed by atoms with Gasteiger partial charge in [-0.15, -0.1) is 0 Å². The van der Waals surface area contributed by atoms with Crippen molar-refractivity contribution in [1.82, 2.24) is 19.7 Å². The molecule has 0 spiro atoms. The average molecular weight is 635 g/mol. The number of aromatic nitrogens is 3. The lowest BCUT2D eigenvalue weighted by molar-refractivity contribution is 0.0159. The van der Waals surface area contributed by atoms with Gasteiger partial charge >= 0.3 is 6.09 Å². The van der Waals surface area contributed by atoms with Gasteiger partial charge < -0.3 is 14.5 Å². The highest BCUT2D eigenvalue weighted by molar-refractivity contribution is 7.92. The van der Waals surface area contributed by atoms with Crippen LogP contribution in [0.3, 0.4) is 0 Å². The summed E-state index contributed by atoms with van der Waals surface area (Å²) in [6.07, 6.45) is 5.14. The molecule has 10 nitrogen and oxygen atoms in total. The van der Waals surface area contributed by atoms with E-state index in [-0.39, 0.29) is 29.1 Å². The SMILES string of the molecule is CCCS(=O)(=O)Nc1cccc(-c2cn(-c3ccc(N4CCN(C(=O)OC(C)(C)C)[C@H](C)C4)cc3)nc2-c2ccncc2)c1F. The molecule has 1 saturated heterocycles. The van der Waals surface area contributed by atoms with Crippen LogP contribution in [0.25, 0.3) is 28.1 Å². The molecular formula is C33H39FN6O4S. The standard InChI is InChI=1S/C33H39FN6O4S/c1-6-20-45(42,43)37-29-9-7-8-27(30(29)34)28-22-40(36-31(28)24-14-16-35-17-15-24)26-12-10-25(11-13-26)38-18-19-39(23(2)21-38)32(41)44-33(3,4)5/h7-17,22-23,37H,6,18-21H2,1-5H3/t23-/m1/s1. The fourth-order valence-corrected chi connectivity index (χ4v) is 6.46. The highest BCUT2D eigenvalue weighted by Crippen LogP contribution is 2.36. The largest absolute Gasteiger partial charge is 0.444 e. The third kappa shape index (κ3) is 7.44. The number of carbonyl (C=O) groups excluding carboxylic acids is 1. The molecule has 238 valence electrons. The van der Waals surface area contributed by atoms with Crippen LogP contribution >= 0.6 is 0 Å². The normalized spacial score (nSPS) is 15.6. The van der Waals surface area contributed by atoms with Crippen molar-refractivity contribution in [3.05, 3.63) is 79.0 Å². The first-order valence-electron chi connectivity index (χ1n) is 15.0. The highest BCUT2D eigenvalue weighted by Gasteiger charge is 2.31. The number of rotatable bonds is 8. The molecule has 0 aliphatic carbocycles. The van der Waals surface area contributed by atoms with Gasteiger partial charge in [-0.3, -0.25) is 9.71 Å². The van der Waals surface area contributed by atoms with Crippen LogP contribution in [0, 0.1) is 5.82 Å². The van der Waals surface area contributed by atoms with Gasteiger partial charge in [0.1, 0.15) is 11.3 Å². The summed E-state index contributed by atoms with van der Waals surface area (Å²) in [6, 6.07) is 16.1. The molecule has 0 radical (unpaired) electrons. The molecule has 5 rings (SSSR count). The van der Waals surface area contributed by atoms with E-state index < -0.39 is 21.4 Å². The van der Waals surface area contributed by atoms with Crippen LogP contribution in [-0.2, 0) is 14.8 Å². The van der Waals surface area contributed by atoms with Gasteiger partial charge in [-0.25, -0.2) is 22.3 Å². The Kier molecular flexibility index (Phi) is 9.15. The number of piperazine rings is 1. The molecule has 12 heteroatoms. The van der Waals surface area contributed by atoms with E-state index in [9.17, 15) is 13.2 Å². The van der Waals surface area contributed by atoms with E-state index in [1.807, 2.05) is 52.0 Å². The molecule has 0 bridgehead atoms. The third-order valence-electron chi connectivity index (χ3n) is 7.43. The van der Waals surface area contributed by atoms with Crippen LogP contribution in [0.5, 0.6) is 0 Å². The van der Waals surface area contributed by atoms with Crippen LogP contribution in [0.15, 0.2) is 73.2 Å². The Morgan fingerprint density at radius 1 is 1.02 bits per heavy atom. The lowest BCUT2D eigenvalue weighted by Crippen LogP contribution is -2.55. The number of benzene rings is 2. The minimum atomic E-state index is -3.69. The first kappa shape index (κ1) is 32.0. The Hall–Kier alpha value is -4.45. The predicted octanol–water partition coefficient (Wildman–Crippen LogP) is 6.34. The molecule has 45 heavy (non-hydrogen) atoms. The van der Waals surface area contributed by atoms with Crippen LogP contribution in [0.2, 0.25) is 0 Å². The molecule has 1 amide bonds. The lowest BCUT2D eigenvalue weighted by Gasteiger charge is -2.41. The van der Waals surface area contributed by atoms with Gasteiger partial charge in [-0.2, -0.15) is 5.10 Å². The van der Waals surface area contributed by atoms with Crippen molar-refractivity contribution in [1.29, 1.82) is 0 Å². The number of ether oxygens (including phenoxy) is 1. The number of nitrogens with one attached hydrogen (secondary N) is 1. The van der Waals surface area contributed by atoms with Crippen molar-refractivity contribution in [2.24, 2.45) is 0 Å². The van der Waals surface area contributed by atoms with Gasteiger partial charge in [-0.05, 0) is 76.6 Å². The Bertz CT molecular complexity index is 1750. The summed E-state index contributed by atoms with van der Waals surface area (Å²) in [6.45, 7) is 11.2.